The summed E-state index contributed by atoms with van der Waals surface area (Å²) in [6.45, 7) is -0.154. The lowest BCUT2D eigenvalue weighted by Gasteiger charge is -2.07. The van der Waals surface area contributed by atoms with E-state index in [-0.39, 0.29) is 12.4 Å². The highest BCUT2D eigenvalue weighted by molar-refractivity contribution is 6.04. The largest absolute Gasteiger partial charge is 0.305 e. The fourth-order valence-corrected chi connectivity index (χ4v) is 1.57. The van der Waals surface area contributed by atoms with Gasteiger partial charge in [-0.25, -0.2) is 22.0 Å². The number of nitrogens with one attached hydrogen (secondary N) is 1. The van der Waals surface area contributed by atoms with Crippen LogP contribution in [-0.4, -0.2) is 15.7 Å². The molecule has 0 aliphatic carbocycles. The van der Waals surface area contributed by atoms with Crippen LogP contribution in [0.15, 0.2) is 12.3 Å². The first-order valence-corrected chi connectivity index (χ1v) is 5.60. The minimum absolute atomic E-state index is 0.154. The molecule has 0 aliphatic heterocycles. The van der Waals surface area contributed by atoms with Gasteiger partial charge in [-0.3, -0.25) is 9.48 Å². The monoisotopic (exact) mass is 316 g/mol. The predicted molar refractivity (Wildman–Crippen MR) is 62.0 cm³/mol. The van der Waals surface area contributed by atoms with E-state index in [0.29, 0.717) is 0 Å². The first-order chi connectivity index (χ1) is 10.4. The Morgan fingerprint density at radius 3 is 2.23 bits per heavy atom. The minimum Gasteiger partial charge on any atom is -0.305 e. The van der Waals surface area contributed by atoms with E-state index in [1.165, 1.54) is 12.3 Å². The number of halogens is 5. The maximum atomic E-state index is 13.4. The Kier molecular flexibility index (Phi) is 4.07. The molecule has 0 saturated heterocycles. The summed E-state index contributed by atoms with van der Waals surface area (Å²) in [4.78, 5) is 11.7. The molecule has 1 N–H and O–H groups in total. The van der Waals surface area contributed by atoms with Crippen molar-refractivity contribution in [2.24, 2.45) is 0 Å². The number of hydrogen-bond donors (Lipinski definition) is 1. The number of nitrogens with zero attached hydrogens (tertiary/aromatic N) is 3. The number of anilines is 1. The van der Waals surface area contributed by atoms with E-state index in [2.05, 4.69) is 5.10 Å². The van der Waals surface area contributed by atoms with Gasteiger partial charge in [0.1, 0.15) is 12.1 Å². The molecule has 114 valence electrons. The normalized spacial score (nSPS) is 10.4. The third-order valence-corrected chi connectivity index (χ3v) is 2.55. The lowest BCUT2D eigenvalue weighted by Crippen LogP contribution is -2.19. The van der Waals surface area contributed by atoms with E-state index in [4.69, 9.17) is 5.26 Å². The van der Waals surface area contributed by atoms with Crippen LogP contribution in [0.4, 0.5) is 27.8 Å². The van der Waals surface area contributed by atoms with Crippen molar-refractivity contribution in [3.63, 3.8) is 0 Å². The van der Waals surface area contributed by atoms with E-state index in [9.17, 15) is 26.7 Å². The number of carbonyl (C=O) groups is 1. The van der Waals surface area contributed by atoms with E-state index >= 15 is 0 Å². The topological polar surface area (TPSA) is 70.7 Å². The molecule has 0 atom stereocenters. The van der Waals surface area contributed by atoms with Gasteiger partial charge in [-0.2, -0.15) is 10.4 Å². The van der Waals surface area contributed by atoms with Gasteiger partial charge in [0.05, 0.1) is 6.07 Å². The van der Waals surface area contributed by atoms with Crippen LogP contribution in [0.1, 0.15) is 10.4 Å². The molecular weight excluding hydrogens is 311 g/mol. The van der Waals surface area contributed by atoms with E-state index in [1.54, 1.807) is 6.07 Å². The van der Waals surface area contributed by atoms with Crippen molar-refractivity contribution in [1.29, 1.82) is 5.26 Å². The van der Waals surface area contributed by atoms with Gasteiger partial charge in [0, 0.05) is 12.3 Å². The first-order valence-electron chi connectivity index (χ1n) is 5.60. The summed E-state index contributed by atoms with van der Waals surface area (Å²) < 4.78 is 66.8. The van der Waals surface area contributed by atoms with Crippen LogP contribution in [0.25, 0.3) is 0 Å². The zero-order valence-corrected chi connectivity index (χ0v) is 10.5. The lowest BCUT2D eigenvalue weighted by atomic mass is 10.1. The second-order valence-corrected chi connectivity index (χ2v) is 3.96. The molecule has 1 amide bonds. The molecule has 10 heteroatoms. The van der Waals surface area contributed by atoms with Crippen molar-refractivity contribution < 1.29 is 26.7 Å². The van der Waals surface area contributed by atoms with Gasteiger partial charge in [-0.05, 0) is 0 Å². The fraction of sp³-hybridized carbons (Fsp3) is 0.0833. The Balaban J connectivity index is 2.36. The summed E-state index contributed by atoms with van der Waals surface area (Å²) in [6, 6.07) is 2.93. The van der Waals surface area contributed by atoms with Gasteiger partial charge < -0.3 is 5.32 Å². The number of nitriles is 1. The second kappa shape index (κ2) is 5.80. The molecule has 1 aromatic heterocycles. The highest BCUT2D eigenvalue weighted by atomic mass is 19.2. The molecule has 0 aliphatic rings. The number of amides is 1. The molecule has 1 aromatic carbocycles. The molecule has 0 unspecified atom stereocenters. The molecule has 0 fully saturated rings. The summed E-state index contributed by atoms with van der Waals surface area (Å²) in [5, 5.41) is 14.0. The van der Waals surface area contributed by atoms with Crippen molar-refractivity contribution in [2.45, 2.75) is 6.54 Å². The molecule has 0 radical (unpaired) electrons. The van der Waals surface area contributed by atoms with Gasteiger partial charge in [0.25, 0.3) is 5.91 Å². The average molecular weight is 316 g/mol. The number of benzene rings is 1. The molecular formula is C12H5F5N4O. The van der Waals surface area contributed by atoms with Gasteiger partial charge in [0.15, 0.2) is 29.1 Å². The number of rotatable bonds is 3. The average Bonchev–Trinajstić information content (AvgIpc) is 2.91. The molecule has 0 spiro atoms. The summed E-state index contributed by atoms with van der Waals surface area (Å²) in [6.07, 6.45) is 1.28. The summed E-state index contributed by atoms with van der Waals surface area (Å²) in [7, 11) is 0. The third-order valence-electron chi connectivity index (χ3n) is 2.55. The van der Waals surface area contributed by atoms with Crippen LogP contribution in [0.3, 0.4) is 0 Å². The maximum absolute atomic E-state index is 13.4. The van der Waals surface area contributed by atoms with Crippen molar-refractivity contribution >= 4 is 11.7 Å². The van der Waals surface area contributed by atoms with Crippen LogP contribution in [0.2, 0.25) is 0 Å². The SMILES string of the molecule is N#CCn1ccc(NC(=O)c2c(F)c(F)c(F)c(F)c2F)n1. The Morgan fingerprint density at radius 1 is 1.14 bits per heavy atom. The molecule has 5 nitrogen and oxygen atoms in total. The smallest absolute Gasteiger partial charge is 0.263 e. The number of aromatic nitrogens is 2. The minimum atomic E-state index is -2.36. The standard InChI is InChI=1S/C12H5F5N4O/c13-7-6(8(14)10(16)11(17)9(7)15)12(22)19-5-1-3-21(20-5)4-2-18/h1,3H,4H2,(H,19,20,22). The van der Waals surface area contributed by atoms with Crippen molar-refractivity contribution in [3.8, 4) is 6.07 Å². The zero-order chi connectivity index (χ0) is 16.4. The highest BCUT2D eigenvalue weighted by Gasteiger charge is 2.29. The third kappa shape index (κ3) is 2.60. The quantitative estimate of drug-likeness (QED) is 0.537. The molecule has 0 bridgehead atoms. The molecule has 1 heterocycles. The molecule has 2 aromatic rings. The van der Waals surface area contributed by atoms with Gasteiger partial charge in [-0.15, -0.1) is 0 Å². The highest BCUT2D eigenvalue weighted by Crippen LogP contribution is 2.23. The van der Waals surface area contributed by atoms with Crippen LogP contribution in [-0.2, 0) is 6.54 Å². The second-order valence-electron chi connectivity index (χ2n) is 3.96. The molecule has 22 heavy (non-hydrogen) atoms. The van der Waals surface area contributed by atoms with Gasteiger partial charge in [0.2, 0.25) is 5.82 Å². The Hall–Kier alpha value is -2.96. The van der Waals surface area contributed by atoms with Gasteiger partial charge >= 0.3 is 0 Å². The Bertz CT molecular complexity index is 767. The zero-order valence-electron chi connectivity index (χ0n) is 10.5. The van der Waals surface area contributed by atoms with Crippen LogP contribution in [0, 0.1) is 40.4 Å². The molecule has 2 rings (SSSR count). The van der Waals surface area contributed by atoms with Crippen molar-refractivity contribution in [2.75, 3.05) is 5.32 Å². The first kappa shape index (κ1) is 15.4. The van der Waals surface area contributed by atoms with Crippen LogP contribution in [0.5, 0.6) is 0 Å². The summed E-state index contributed by atoms with van der Waals surface area (Å²) in [5.41, 5.74) is -1.62. The van der Waals surface area contributed by atoms with Gasteiger partial charge in [-0.1, -0.05) is 0 Å². The Labute approximate surface area is 119 Å². The predicted octanol–water partition coefficient (Wildman–Crippen LogP) is 2.35. The van der Waals surface area contributed by atoms with E-state index < -0.39 is 40.6 Å². The van der Waals surface area contributed by atoms with E-state index in [1.807, 2.05) is 5.32 Å². The van der Waals surface area contributed by atoms with Crippen molar-refractivity contribution in [3.05, 3.63) is 46.9 Å². The Morgan fingerprint density at radius 2 is 1.68 bits per heavy atom. The fourth-order valence-electron chi connectivity index (χ4n) is 1.57. The van der Waals surface area contributed by atoms with Crippen LogP contribution < -0.4 is 5.32 Å². The van der Waals surface area contributed by atoms with Crippen LogP contribution >= 0.6 is 0 Å². The summed E-state index contributed by atoms with van der Waals surface area (Å²) in [5.74, 6) is -13.1. The number of hydrogen-bond acceptors (Lipinski definition) is 3. The maximum Gasteiger partial charge on any atom is 0.263 e. The summed E-state index contributed by atoms with van der Waals surface area (Å²) >= 11 is 0. The van der Waals surface area contributed by atoms with Crippen molar-refractivity contribution in [1.82, 2.24) is 9.78 Å². The lowest BCUT2D eigenvalue weighted by molar-refractivity contribution is 0.101. The molecule has 0 saturated carbocycles. The number of carbonyl (C=O) groups excluding carboxylic acids is 1. The van der Waals surface area contributed by atoms with E-state index in [0.717, 1.165) is 4.68 Å².